The Bertz CT molecular complexity index is 1110. The van der Waals surface area contributed by atoms with Gasteiger partial charge in [0.1, 0.15) is 0 Å². The topological polar surface area (TPSA) is 84.0 Å². The first kappa shape index (κ1) is 20.4. The van der Waals surface area contributed by atoms with Crippen LogP contribution < -0.4 is 9.21 Å². The third-order valence-electron chi connectivity index (χ3n) is 5.58. The molecule has 0 saturated carbocycles. The van der Waals surface area contributed by atoms with Crippen LogP contribution in [0, 0.1) is 0 Å². The summed E-state index contributed by atoms with van der Waals surface area (Å²) in [4.78, 5) is 27.3. The molecule has 1 atom stereocenters. The van der Waals surface area contributed by atoms with Gasteiger partial charge in [-0.1, -0.05) is 18.2 Å². The summed E-state index contributed by atoms with van der Waals surface area (Å²) in [6.45, 7) is 2.53. The Balaban J connectivity index is 1.48. The molecule has 0 bridgehead atoms. The molecule has 2 heterocycles. The number of ether oxygens (including phenoxy) is 1. The normalized spacial score (nSPS) is 16.6. The number of esters is 1. The standard InChI is InChI=1S/C22H24N2O5S/c1-15(21(25)23-12-5-7-16-6-3-4-8-19(16)23)29-22(26)18-9-10-20-17(14-18)11-13-24(20)30(2,27)28/h3-4,6,8-10,14-15H,5,7,11-13H2,1-2H3. The third-order valence-corrected chi connectivity index (χ3v) is 6.76. The molecule has 0 aliphatic carbocycles. The molecule has 1 amide bonds. The smallest absolute Gasteiger partial charge is 0.338 e. The minimum atomic E-state index is -3.35. The summed E-state index contributed by atoms with van der Waals surface area (Å²) < 4.78 is 30.5. The van der Waals surface area contributed by atoms with Gasteiger partial charge >= 0.3 is 5.97 Å². The van der Waals surface area contributed by atoms with Crippen molar-refractivity contribution in [3.63, 3.8) is 0 Å². The van der Waals surface area contributed by atoms with E-state index in [1.807, 2.05) is 24.3 Å². The van der Waals surface area contributed by atoms with E-state index in [0.717, 1.165) is 35.9 Å². The molecule has 7 nitrogen and oxygen atoms in total. The third kappa shape index (κ3) is 3.79. The second-order valence-electron chi connectivity index (χ2n) is 7.70. The van der Waals surface area contributed by atoms with Gasteiger partial charge in [-0.2, -0.15) is 0 Å². The van der Waals surface area contributed by atoms with Crippen molar-refractivity contribution in [2.45, 2.75) is 32.3 Å². The van der Waals surface area contributed by atoms with Crippen LogP contribution in [0.4, 0.5) is 11.4 Å². The quantitative estimate of drug-likeness (QED) is 0.699. The van der Waals surface area contributed by atoms with Gasteiger partial charge < -0.3 is 9.64 Å². The van der Waals surface area contributed by atoms with E-state index < -0.39 is 22.1 Å². The highest BCUT2D eigenvalue weighted by Gasteiger charge is 2.30. The van der Waals surface area contributed by atoms with Gasteiger partial charge in [0.15, 0.2) is 6.10 Å². The highest BCUT2D eigenvalue weighted by atomic mass is 32.2. The lowest BCUT2D eigenvalue weighted by molar-refractivity contribution is -0.126. The number of hydrogen-bond donors (Lipinski definition) is 0. The number of aryl methyl sites for hydroxylation is 1. The van der Waals surface area contributed by atoms with Crippen LogP contribution >= 0.6 is 0 Å². The molecule has 2 aromatic carbocycles. The van der Waals surface area contributed by atoms with Crippen LogP contribution in [0.1, 0.15) is 34.8 Å². The number of amides is 1. The molecule has 0 N–H and O–H groups in total. The maximum absolute atomic E-state index is 12.9. The molecule has 30 heavy (non-hydrogen) atoms. The van der Waals surface area contributed by atoms with E-state index in [0.29, 0.717) is 30.8 Å². The number of rotatable bonds is 4. The fourth-order valence-corrected chi connectivity index (χ4v) is 5.06. The van der Waals surface area contributed by atoms with Crippen molar-refractivity contribution in [2.75, 3.05) is 28.6 Å². The first-order valence-corrected chi connectivity index (χ1v) is 11.8. The summed E-state index contributed by atoms with van der Waals surface area (Å²) in [5.74, 6) is -0.846. The van der Waals surface area contributed by atoms with E-state index in [2.05, 4.69) is 0 Å². The van der Waals surface area contributed by atoms with Gasteiger partial charge in [-0.25, -0.2) is 13.2 Å². The predicted octanol–water partition coefficient (Wildman–Crippen LogP) is 2.53. The highest BCUT2D eigenvalue weighted by molar-refractivity contribution is 7.92. The summed E-state index contributed by atoms with van der Waals surface area (Å²) >= 11 is 0. The van der Waals surface area contributed by atoms with E-state index in [1.165, 1.54) is 10.4 Å². The molecular weight excluding hydrogens is 404 g/mol. The Morgan fingerprint density at radius 1 is 1.00 bits per heavy atom. The SMILES string of the molecule is CC(OC(=O)c1ccc2c(c1)CCN2S(C)(=O)=O)C(=O)N1CCCc2ccccc21. The number of benzene rings is 2. The maximum atomic E-state index is 12.9. The molecular formula is C22H24N2O5S. The average molecular weight is 429 g/mol. The number of sulfonamides is 1. The number of fused-ring (bicyclic) bond motifs is 2. The van der Waals surface area contributed by atoms with Gasteiger partial charge in [0.25, 0.3) is 5.91 Å². The van der Waals surface area contributed by atoms with E-state index in [4.69, 9.17) is 4.74 Å². The van der Waals surface area contributed by atoms with Crippen LogP contribution in [0.15, 0.2) is 42.5 Å². The lowest BCUT2D eigenvalue weighted by Crippen LogP contribution is -2.42. The zero-order chi connectivity index (χ0) is 21.5. The van der Waals surface area contributed by atoms with Crippen molar-refractivity contribution >= 4 is 33.3 Å². The molecule has 2 aromatic rings. The Labute approximate surface area is 176 Å². The Hall–Kier alpha value is -2.87. The summed E-state index contributed by atoms with van der Waals surface area (Å²) in [5, 5.41) is 0. The number of anilines is 2. The van der Waals surface area contributed by atoms with Crippen LogP contribution in [0.3, 0.4) is 0 Å². The summed E-state index contributed by atoms with van der Waals surface area (Å²) in [6.07, 6.45) is 2.56. The molecule has 0 saturated heterocycles. The van der Waals surface area contributed by atoms with Crippen molar-refractivity contribution in [2.24, 2.45) is 0 Å². The van der Waals surface area contributed by atoms with Gasteiger partial charge in [-0.3, -0.25) is 9.10 Å². The number of hydrogen-bond acceptors (Lipinski definition) is 5. The Kier molecular flexibility index (Phi) is 5.27. The molecule has 0 spiro atoms. The second-order valence-corrected chi connectivity index (χ2v) is 9.61. The predicted molar refractivity (Wildman–Crippen MR) is 114 cm³/mol. The van der Waals surface area contributed by atoms with Crippen LogP contribution in [0.2, 0.25) is 0 Å². The summed E-state index contributed by atoms with van der Waals surface area (Å²) in [6, 6.07) is 12.6. The molecule has 0 fully saturated rings. The van der Waals surface area contributed by atoms with Crippen molar-refractivity contribution in [1.29, 1.82) is 0 Å². The molecule has 2 aliphatic rings. The Morgan fingerprint density at radius 3 is 2.53 bits per heavy atom. The van der Waals surface area contributed by atoms with Crippen LogP contribution in [-0.2, 0) is 32.4 Å². The second kappa shape index (κ2) is 7.75. The lowest BCUT2D eigenvalue weighted by Gasteiger charge is -2.31. The summed E-state index contributed by atoms with van der Waals surface area (Å²) in [7, 11) is -3.35. The van der Waals surface area contributed by atoms with Crippen LogP contribution in [0.5, 0.6) is 0 Å². The number of nitrogens with zero attached hydrogens (tertiary/aromatic N) is 2. The summed E-state index contributed by atoms with van der Waals surface area (Å²) in [5.41, 5.74) is 3.66. The minimum Gasteiger partial charge on any atom is -0.449 e. The van der Waals surface area contributed by atoms with E-state index >= 15 is 0 Å². The zero-order valence-electron chi connectivity index (χ0n) is 17.0. The van der Waals surface area contributed by atoms with Crippen molar-refractivity contribution in [3.8, 4) is 0 Å². The maximum Gasteiger partial charge on any atom is 0.338 e. The van der Waals surface area contributed by atoms with Crippen molar-refractivity contribution in [3.05, 3.63) is 59.2 Å². The zero-order valence-corrected chi connectivity index (χ0v) is 17.8. The van der Waals surface area contributed by atoms with Crippen molar-refractivity contribution < 1.29 is 22.7 Å². The highest BCUT2D eigenvalue weighted by Crippen LogP contribution is 2.31. The number of para-hydroxylation sites is 1. The molecule has 2 aliphatic heterocycles. The van der Waals surface area contributed by atoms with Gasteiger partial charge in [0.2, 0.25) is 10.0 Å². The molecule has 0 aromatic heterocycles. The van der Waals surface area contributed by atoms with E-state index in [-0.39, 0.29) is 5.91 Å². The molecule has 1 unspecified atom stereocenters. The lowest BCUT2D eigenvalue weighted by atomic mass is 10.0. The number of carbonyl (C=O) groups is 2. The van der Waals surface area contributed by atoms with Crippen LogP contribution in [0.25, 0.3) is 0 Å². The van der Waals surface area contributed by atoms with Gasteiger partial charge in [-0.05, 0) is 61.6 Å². The fourth-order valence-electron chi connectivity index (χ4n) is 4.10. The van der Waals surface area contributed by atoms with E-state index in [1.54, 1.807) is 24.0 Å². The minimum absolute atomic E-state index is 0.250. The number of carbonyl (C=O) groups excluding carboxylic acids is 2. The molecule has 8 heteroatoms. The van der Waals surface area contributed by atoms with E-state index in [9.17, 15) is 18.0 Å². The average Bonchev–Trinajstić information content (AvgIpc) is 3.16. The Morgan fingerprint density at radius 2 is 1.77 bits per heavy atom. The largest absolute Gasteiger partial charge is 0.449 e. The van der Waals surface area contributed by atoms with Crippen LogP contribution in [-0.4, -0.2) is 45.7 Å². The molecule has 158 valence electrons. The molecule has 0 radical (unpaired) electrons. The van der Waals surface area contributed by atoms with Gasteiger partial charge in [0, 0.05) is 18.8 Å². The van der Waals surface area contributed by atoms with Crippen molar-refractivity contribution in [1.82, 2.24) is 0 Å². The first-order chi connectivity index (χ1) is 14.3. The fraction of sp³-hybridized carbons (Fsp3) is 0.364. The van der Waals surface area contributed by atoms with Gasteiger partial charge in [-0.15, -0.1) is 0 Å². The monoisotopic (exact) mass is 428 g/mol. The van der Waals surface area contributed by atoms with Gasteiger partial charge in [0.05, 0.1) is 17.5 Å². The first-order valence-electron chi connectivity index (χ1n) is 9.96. The molecule has 4 rings (SSSR count).